The number of ether oxygens (including phenoxy) is 1. The van der Waals surface area contributed by atoms with Gasteiger partial charge < -0.3 is 24.5 Å². The molecule has 2 aliphatic heterocycles. The molecule has 10 heteroatoms. The first-order valence-electron chi connectivity index (χ1n) is 11.5. The number of fused-ring (bicyclic) bond motifs is 10. The van der Waals surface area contributed by atoms with Crippen LogP contribution >= 0.6 is 0 Å². The molecule has 0 unspecified atom stereocenters. The topological polar surface area (TPSA) is 117 Å². The number of aromatic nitrogens is 2. The minimum atomic E-state index is -1.33. The maximum Gasteiger partial charge on any atom is 0.259 e. The van der Waals surface area contributed by atoms with Crippen molar-refractivity contribution in [3.05, 3.63) is 59.2 Å². The van der Waals surface area contributed by atoms with Gasteiger partial charge in [0.15, 0.2) is 6.23 Å². The van der Waals surface area contributed by atoms with Crippen molar-refractivity contribution in [2.45, 2.75) is 37.9 Å². The Kier molecular flexibility index (Phi) is 4.22. The number of carbonyl (C=O) groups is 2. The zero-order valence-corrected chi connectivity index (χ0v) is 18.8. The number of carbonyl (C=O) groups excluding carboxylic acids is 2. The van der Waals surface area contributed by atoms with Crippen molar-refractivity contribution in [1.29, 1.82) is 0 Å². The smallest absolute Gasteiger partial charge is 0.259 e. The third-order valence-electron chi connectivity index (χ3n) is 7.28. The minimum absolute atomic E-state index is 0.0425. The Morgan fingerprint density at radius 2 is 1.64 bits per heavy atom. The van der Waals surface area contributed by atoms with Gasteiger partial charge in [0.1, 0.15) is 17.7 Å². The zero-order valence-electron chi connectivity index (χ0n) is 18.8. The number of halogens is 2. The lowest BCUT2D eigenvalue weighted by Gasteiger charge is -2.37. The van der Waals surface area contributed by atoms with Gasteiger partial charge in [-0.15, -0.1) is 0 Å². The summed E-state index contributed by atoms with van der Waals surface area (Å²) in [5.74, 6) is -2.37. The molecule has 8 nitrogen and oxygen atoms in total. The number of aliphatic hydroxyl groups excluding tert-OH is 2. The van der Waals surface area contributed by atoms with Gasteiger partial charge >= 0.3 is 0 Å². The Morgan fingerprint density at radius 1 is 0.972 bits per heavy atom. The van der Waals surface area contributed by atoms with Crippen molar-refractivity contribution in [2.24, 2.45) is 0 Å². The molecule has 4 N–H and O–H groups in total. The largest absolute Gasteiger partial charge is 0.390 e. The number of benzene rings is 3. The van der Waals surface area contributed by atoms with E-state index in [-0.39, 0.29) is 17.5 Å². The van der Waals surface area contributed by atoms with Crippen molar-refractivity contribution in [2.75, 3.05) is 0 Å². The molecule has 0 bridgehead atoms. The molecule has 36 heavy (non-hydrogen) atoms. The molecule has 4 atom stereocenters. The van der Waals surface area contributed by atoms with Crippen LogP contribution in [0.5, 0.6) is 0 Å². The Hall–Kier alpha value is -3.86. The molecule has 1 fully saturated rings. The summed E-state index contributed by atoms with van der Waals surface area (Å²) >= 11 is 0. The highest BCUT2D eigenvalue weighted by Gasteiger charge is 2.41. The predicted molar refractivity (Wildman–Crippen MR) is 127 cm³/mol. The van der Waals surface area contributed by atoms with Crippen LogP contribution in [0.2, 0.25) is 0 Å². The Labute approximate surface area is 201 Å². The highest BCUT2D eigenvalue weighted by Crippen LogP contribution is 2.46. The van der Waals surface area contributed by atoms with Gasteiger partial charge in [0.2, 0.25) is 0 Å². The van der Waals surface area contributed by atoms with Crippen molar-refractivity contribution >= 4 is 55.4 Å². The fourth-order valence-electron chi connectivity index (χ4n) is 5.84. The lowest BCUT2D eigenvalue weighted by molar-refractivity contribution is -0.190. The van der Waals surface area contributed by atoms with Crippen molar-refractivity contribution in [1.82, 2.24) is 14.9 Å². The molecule has 0 spiro atoms. The molecule has 2 aromatic heterocycles. The first-order chi connectivity index (χ1) is 17.2. The van der Waals surface area contributed by atoms with E-state index in [0.29, 0.717) is 43.6 Å². The van der Waals surface area contributed by atoms with Gasteiger partial charge in [-0.3, -0.25) is 14.9 Å². The molecule has 0 aliphatic carbocycles. The number of nitrogens with one attached hydrogen (secondary N) is 2. The number of imide groups is 1. The van der Waals surface area contributed by atoms with Crippen LogP contribution in [0.3, 0.4) is 0 Å². The van der Waals surface area contributed by atoms with Gasteiger partial charge in [0, 0.05) is 33.5 Å². The molecule has 0 saturated carbocycles. The molecule has 2 amide bonds. The SMILES string of the molecule is C[C@@H]1C[C@H](O)[C@@H](O)[C@H](n2c3ccc(F)cc3c3c4c(c5c6cc(F)ccc6[nH]c5c32)C(=O)NC4=O)O1. The predicted octanol–water partition coefficient (Wildman–Crippen LogP) is 3.62. The number of hydrogen-bond acceptors (Lipinski definition) is 5. The zero-order chi connectivity index (χ0) is 25.0. The molecule has 3 aromatic carbocycles. The average Bonchev–Trinajstić information content (AvgIpc) is 3.45. The number of rotatable bonds is 1. The van der Waals surface area contributed by atoms with Crippen LogP contribution in [-0.4, -0.2) is 49.9 Å². The van der Waals surface area contributed by atoms with E-state index >= 15 is 0 Å². The molecular weight excluding hydrogens is 472 g/mol. The summed E-state index contributed by atoms with van der Waals surface area (Å²) < 4.78 is 36.5. The van der Waals surface area contributed by atoms with Crippen LogP contribution in [0.25, 0.3) is 43.6 Å². The molecule has 2 aliphatic rings. The van der Waals surface area contributed by atoms with E-state index < -0.39 is 48.0 Å². The van der Waals surface area contributed by atoms with Gasteiger partial charge in [-0.25, -0.2) is 8.78 Å². The van der Waals surface area contributed by atoms with E-state index in [1.54, 1.807) is 11.5 Å². The summed E-state index contributed by atoms with van der Waals surface area (Å²) in [5.41, 5.74) is 1.84. The second-order valence-electron chi connectivity index (χ2n) is 9.48. The van der Waals surface area contributed by atoms with Crippen LogP contribution < -0.4 is 5.32 Å². The minimum Gasteiger partial charge on any atom is -0.390 e. The Bertz CT molecular complexity index is 1810. The Morgan fingerprint density at radius 3 is 2.39 bits per heavy atom. The molecule has 5 aromatic rings. The third-order valence-corrected chi connectivity index (χ3v) is 7.28. The van der Waals surface area contributed by atoms with Gasteiger partial charge in [-0.2, -0.15) is 0 Å². The van der Waals surface area contributed by atoms with Gasteiger partial charge in [-0.1, -0.05) is 0 Å². The van der Waals surface area contributed by atoms with Crippen molar-refractivity contribution in [3.63, 3.8) is 0 Å². The van der Waals surface area contributed by atoms with Crippen LogP contribution in [0.1, 0.15) is 40.3 Å². The van der Waals surface area contributed by atoms with Crippen molar-refractivity contribution < 1.29 is 33.3 Å². The molecule has 1 saturated heterocycles. The lowest BCUT2D eigenvalue weighted by atomic mass is 9.96. The number of amides is 2. The summed E-state index contributed by atoms with van der Waals surface area (Å²) in [4.78, 5) is 29.3. The van der Waals surface area contributed by atoms with E-state index in [0.717, 1.165) is 0 Å². The first-order valence-corrected chi connectivity index (χ1v) is 11.5. The summed E-state index contributed by atoms with van der Waals surface area (Å²) in [7, 11) is 0. The highest BCUT2D eigenvalue weighted by atomic mass is 19.1. The summed E-state index contributed by atoms with van der Waals surface area (Å²) in [6.07, 6.45) is -3.69. The molecule has 7 rings (SSSR count). The maximum absolute atomic E-state index is 14.5. The number of hydrogen-bond donors (Lipinski definition) is 4. The van der Waals surface area contributed by atoms with Gasteiger partial charge in [0.05, 0.1) is 39.9 Å². The van der Waals surface area contributed by atoms with Crippen molar-refractivity contribution in [3.8, 4) is 0 Å². The summed E-state index contributed by atoms with van der Waals surface area (Å²) in [5, 5.41) is 25.2. The number of nitrogens with zero attached hydrogens (tertiary/aromatic N) is 1. The fraction of sp³-hybridized carbons (Fsp3) is 0.231. The third kappa shape index (κ3) is 2.66. The molecular formula is C26H19F2N3O5. The quantitative estimate of drug-likeness (QED) is 0.267. The molecule has 4 heterocycles. The molecule has 0 radical (unpaired) electrons. The van der Waals surface area contributed by atoms with Crippen LogP contribution in [0.4, 0.5) is 8.78 Å². The lowest BCUT2D eigenvalue weighted by Crippen LogP contribution is -2.44. The first kappa shape index (κ1) is 21.4. The maximum atomic E-state index is 14.5. The van der Waals surface area contributed by atoms with Gasteiger partial charge in [-0.05, 0) is 43.3 Å². The number of aliphatic hydroxyl groups is 2. The van der Waals surface area contributed by atoms with E-state index in [2.05, 4.69) is 10.3 Å². The number of aromatic amines is 1. The fourth-order valence-corrected chi connectivity index (χ4v) is 5.84. The second kappa shape index (κ2) is 7.10. The van der Waals surface area contributed by atoms with E-state index in [9.17, 15) is 28.6 Å². The van der Waals surface area contributed by atoms with Crippen LogP contribution in [0.15, 0.2) is 36.4 Å². The van der Waals surface area contributed by atoms with Gasteiger partial charge in [0.25, 0.3) is 11.8 Å². The monoisotopic (exact) mass is 491 g/mol. The van der Waals surface area contributed by atoms with Crippen LogP contribution in [0, 0.1) is 11.6 Å². The second-order valence-corrected chi connectivity index (χ2v) is 9.48. The molecule has 182 valence electrons. The standard InChI is InChI=1S/C26H19F2N3O5/c1-9-6-16(32)23(33)26(36-9)31-15-5-3-11(28)8-13(15)18-20-19(24(34)30-25(20)35)17-12-7-10(27)2-4-14(12)29-21(17)22(18)31/h2-5,7-9,16,23,26,29,32-33H,6H2,1H3,(H,30,34,35)/t9-,16+,23-,26-/m1/s1. The highest BCUT2D eigenvalue weighted by molar-refractivity contribution is 6.39. The van der Waals surface area contributed by atoms with E-state index in [4.69, 9.17) is 4.74 Å². The Balaban J connectivity index is 1.76. The summed E-state index contributed by atoms with van der Waals surface area (Å²) in [6, 6.07) is 8.09. The van der Waals surface area contributed by atoms with E-state index in [1.807, 2.05) is 0 Å². The normalized spacial score (nSPS) is 24.4. The number of H-pyrrole nitrogens is 1. The van der Waals surface area contributed by atoms with E-state index in [1.165, 1.54) is 36.4 Å². The average molecular weight is 491 g/mol. The summed E-state index contributed by atoms with van der Waals surface area (Å²) in [6.45, 7) is 1.76. The van der Waals surface area contributed by atoms with Crippen LogP contribution in [-0.2, 0) is 4.74 Å².